The molecule has 0 aliphatic carbocycles. The maximum absolute atomic E-state index is 12.5. The summed E-state index contributed by atoms with van der Waals surface area (Å²) < 4.78 is 38.0. The number of benzene rings is 2. The van der Waals surface area contributed by atoms with E-state index < -0.39 is 10.0 Å². The number of nitrogens with one attached hydrogen (secondary N) is 2. The molecule has 2 N–H and O–H groups in total. The predicted octanol–water partition coefficient (Wildman–Crippen LogP) is 2.61. The molecule has 0 unspecified atom stereocenters. The normalized spacial score (nSPS) is 11.3. The zero-order valence-corrected chi connectivity index (χ0v) is 15.9. The molecule has 3 aromatic rings. The molecule has 0 aliphatic rings. The summed E-state index contributed by atoms with van der Waals surface area (Å²) in [4.78, 5) is 0.220. The van der Waals surface area contributed by atoms with Crippen molar-refractivity contribution in [3.05, 3.63) is 60.3 Å². The zero-order valence-electron chi connectivity index (χ0n) is 15.1. The Bertz CT molecular complexity index is 984. The van der Waals surface area contributed by atoms with E-state index in [1.165, 1.54) is 0 Å². The second-order valence-electron chi connectivity index (χ2n) is 5.83. The minimum atomic E-state index is -3.58. The van der Waals surface area contributed by atoms with Gasteiger partial charge in [-0.15, -0.1) is 0 Å². The van der Waals surface area contributed by atoms with Crippen molar-refractivity contribution in [3.8, 4) is 22.8 Å². The van der Waals surface area contributed by atoms with Crippen LogP contribution in [0.15, 0.2) is 59.6 Å². The van der Waals surface area contributed by atoms with E-state index in [2.05, 4.69) is 14.9 Å². The minimum Gasteiger partial charge on any atom is -0.493 e. The fourth-order valence-electron chi connectivity index (χ4n) is 2.68. The number of sulfonamides is 1. The second-order valence-corrected chi connectivity index (χ2v) is 7.60. The lowest BCUT2D eigenvalue weighted by Gasteiger charge is -2.10. The highest BCUT2D eigenvalue weighted by Crippen LogP contribution is 2.27. The first-order valence-corrected chi connectivity index (χ1v) is 9.82. The average molecular weight is 387 g/mol. The van der Waals surface area contributed by atoms with Crippen molar-refractivity contribution in [1.82, 2.24) is 14.9 Å². The summed E-state index contributed by atoms with van der Waals surface area (Å²) in [5, 5.41) is 6.74. The summed E-state index contributed by atoms with van der Waals surface area (Å²) in [5.74, 6) is 1.26. The molecule has 2 aromatic carbocycles. The molecule has 0 amide bonds. The Morgan fingerprint density at radius 2 is 1.74 bits per heavy atom. The molecule has 0 atom stereocenters. The molecule has 3 rings (SSSR count). The van der Waals surface area contributed by atoms with E-state index in [0.29, 0.717) is 17.9 Å². The topological polar surface area (TPSA) is 93.3 Å². The highest BCUT2D eigenvalue weighted by molar-refractivity contribution is 7.89. The van der Waals surface area contributed by atoms with Crippen LogP contribution in [0.1, 0.15) is 5.56 Å². The van der Waals surface area contributed by atoms with Crippen LogP contribution >= 0.6 is 0 Å². The smallest absolute Gasteiger partial charge is 0.240 e. The number of nitrogens with zero attached hydrogens (tertiary/aromatic N) is 1. The lowest BCUT2D eigenvalue weighted by molar-refractivity contribution is 0.354. The summed E-state index contributed by atoms with van der Waals surface area (Å²) in [6.45, 7) is 0.278. The van der Waals surface area contributed by atoms with Gasteiger partial charge in [-0.2, -0.15) is 5.10 Å². The average Bonchev–Trinajstić information content (AvgIpc) is 3.22. The van der Waals surface area contributed by atoms with Crippen LogP contribution in [-0.2, 0) is 16.4 Å². The lowest BCUT2D eigenvalue weighted by Crippen LogP contribution is -2.26. The second kappa shape index (κ2) is 8.24. The van der Waals surface area contributed by atoms with Crippen molar-refractivity contribution in [2.45, 2.75) is 11.3 Å². The van der Waals surface area contributed by atoms with Gasteiger partial charge >= 0.3 is 0 Å². The fraction of sp³-hybridized carbons (Fsp3) is 0.211. The quantitative estimate of drug-likeness (QED) is 0.620. The Hall–Kier alpha value is -2.84. The zero-order chi connectivity index (χ0) is 19.3. The number of hydrogen-bond donors (Lipinski definition) is 2. The van der Waals surface area contributed by atoms with Crippen LogP contribution in [0, 0.1) is 0 Å². The molecule has 8 heteroatoms. The van der Waals surface area contributed by atoms with Crippen LogP contribution < -0.4 is 14.2 Å². The minimum absolute atomic E-state index is 0.220. The van der Waals surface area contributed by atoms with Crippen molar-refractivity contribution in [1.29, 1.82) is 0 Å². The standard InChI is InChI=1S/C19H21N3O4S/c1-25-18-8-3-14(13-19(18)26-2)9-12-21-27(23,24)16-6-4-15(5-7-16)17-10-11-20-22-17/h3-8,10-11,13,21H,9,12H2,1-2H3,(H,20,22). The Morgan fingerprint density at radius 1 is 1.00 bits per heavy atom. The van der Waals surface area contributed by atoms with Gasteiger partial charge in [-0.05, 0) is 47.9 Å². The Morgan fingerprint density at radius 3 is 2.37 bits per heavy atom. The third-order valence-electron chi connectivity index (χ3n) is 4.13. The third-order valence-corrected chi connectivity index (χ3v) is 5.61. The summed E-state index contributed by atoms with van der Waals surface area (Å²) in [6, 6.07) is 14.0. The summed E-state index contributed by atoms with van der Waals surface area (Å²) in [7, 11) is -0.437. The van der Waals surface area contributed by atoms with Gasteiger partial charge in [-0.25, -0.2) is 13.1 Å². The molecule has 7 nitrogen and oxygen atoms in total. The first kappa shape index (κ1) is 18.9. The van der Waals surface area contributed by atoms with Crippen LogP contribution in [0.2, 0.25) is 0 Å². The van der Waals surface area contributed by atoms with E-state index in [1.807, 2.05) is 18.2 Å². The van der Waals surface area contributed by atoms with Gasteiger partial charge in [0, 0.05) is 12.7 Å². The van der Waals surface area contributed by atoms with Crippen molar-refractivity contribution < 1.29 is 17.9 Å². The summed E-state index contributed by atoms with van der Waals surface area (Å²) in [5.41, 5.74) is 2.65. The molecule has 1 aromatic heterocycles. The Kier molecular flexibility index (Phi) is 5.78. The van der Waals surface area contributed by atoms with Crippen molar-refractivity contribution in [2.75, 3.05) is 20.8 Å². The third kappa shape index (κ3) is 4.47. The molecule has 0 spiro atoms. The summed E-state index contributed by atoms with van der Waals surface area (Å²) >= 11 is 0. The summed E-state index contributed by atoms with van der Waals surface area (Å²) in [6.07, 6.45) is 2.18. The van der Waals surface area contributed by atoms with Gasteiger partial charge in [0.15, 0.2) is 11.5 Å². The van der Waals surface area contributed by atoms with Crippen LogP contribution in [0.3, 0.4) is 0 Å². The van der Waals surface area contributed by atoms with E-state index in [-0.39, 0.29) is 11.4 Å². The SMILES string of the molecule is COc1ccc(CCNS(=O)(=O)c2ccc(-c3ccn[nH]3)cc2)cc1OC. The molecule has 0 saturated heterocycles. The number of hydrogen-bond acceptors (Lipinski definition) is 5. The van der Waals surface area contributed by atoms with Crippen molar-refractivity contribution in [2.24, 2.45) is 0 Å². The van der Waals surface area contributed by atoms with Gasteiger partial charge in [-0.3, -0.25) is 5.10 Å². The first-order valence-electron chi connectivity index (χ1n) is 8.34. The van der Waals surface area contributed by atoms with E-state index in [4.69, 9.17) is 9.47 Å². The number of ether oxygens (including phenoxy) is 2. The molecule has 142 valence electrons. The molecular weight excluding hydrogens is 366 g/mol. The number of aromatic nitrogens is 2. The number of H-pyrrole nitrogens is 1. The molecule has 0 radical (unpaired) electrons. The number of rotatable bonds is 8. The maximum atomic E-state index is 12.5. The van der Waals surface area contributed by atoms with Gasteiger partial charge in [-0.1, -0.05) is 18.2 Å². The molecular formula is C19H21N3O4S. The maximum Gasteiger partial charge on any atom is 0.240 e. The van der Waals surface area contributed by atoms with Gasteiger partial charge in [0.1, 0.15) is 0 Å². The molecule has 0 fully saturated rings. The largest absolute Gasteiger partial charge is 0.493 e. The molecule has 1 heterocycles. The van der Waals surface area contributed by atoms with E-state index >= 15 is 0 Å². The van der Waals surface area contributed by atoms with Crippen LogP contribution in [0.25, 0.3) is 11.3 Å². The van der Waals surface area contributed by atoms with Crippen molar-refractivity contribution in [3.63, 3.8) is 0 Å². The van der Waals surface area contributed by atoms with Gasteiger partial charge in [0.2, 0.25) is 10.0 Å². The lowest BCUT2D eigenvalue weighted by atomic mass is 10.1. The van der Waals surface area contributed by atoms with Crippen LogP contribution in [0.4, 0.5) is 0 Å². The first-order chi connectivity index (χ1) is 13.0. The van der Waals surface area contributed by atoms with E-state index in [0.717, 1.165) is 16.8 Å². The predicted molar refractivity (Wildman–Crippen MR) is 102 cm³/mol. The number of methoxy groups -OCH3 is 2. The van der Waals surface area contributed by atoms with E-state index in [1.54, 1.807) is 50.7 Å². The van der Waals surface area contributed by atoms with E-state index in [9.17, 15) is 8.42 Å². The van der Waals surface area contributed by atoms with Crippen molar-refractivity contribution >= 4 is 10.0 Å². The fourth-order valence-corrected chi connectivity index (χ4v) is 3.71. The van der Waals surface area contributed by atoms with Gasteiger partial charge < -0.3 is 9.47 Å². The Labute approximate surface area is 158 Å². The highest BCUT2D eigenvalue weighted by Gasteiger charge is 2.14. The number of aromatic amines is 1. The molecule has 27 heavy (non-hydrogen) atoms. The Balaban J connectivity index is 1.63. The highest BCUT2D eigenvalue weighted by atomic mass is 32.2. The monoisotopic (exact) mass is 387 g/mol. The molecule has 0 bridgehead atoms. The molecule has 0 aliphatic heterocycles. The van der Waals surface area contributed by atoms with Gasteiger partial charge in [0.05, 0.1) is 24.8 Å². The van der Waals surface area contributed by atoms with Crippen LogP contribution in [0.5, 0.6) is 11.5 Å². The van der Waals surface area contributed by atoms with Crippen LogP contribution in [-0.4, -0.2) is 39.4 Å². The molecule has 0 saturated carbocycles. The van der Waals surface area contributed by atoms with Gasteiger partial charge in [0.25, 0.3) is 0 Å².